The molecule has 1 N–H and O–H groups in total. The van der Waals surface area contributed by atoms with Crippen LogP contribution >= 0.6 is 0 Å². The van der Waals surface area contributed by atoms with E-state index >= 15 is 0 Å². The quantitative estimate of drug-likeness (QED) is 0.860. The zero-order valence-corrected chi connectivity index (χ0v) is 13.2. The second kappa shape index (κ2) is 6.41. The summed E-state index contributed by atoms with van der Waals surface area (Å²) in [5.41, 5.74) is 0.385. The number of benzene rings is 1. The predicted octanol–water partition coefficient (Wildman–Crippen LogP) is 3.89. The number of hydrogen-bond donors (Lipinski definition) is 1. The molecule has 1 fully saturated rings. The third kappa shape index (κ3) is 3.80. The molecule has 0 heterocycles. The van der Waals surface area contributed by atoms with Crippen molar-refractivity contribution in [1.29, 1.82) is 0 Å². The first-order chi connectivity index (χ1) is 9.80. The van der Waals surface area contributed by atoms with Crippen LogP contribution in [0.4, 0.5) is 8.78 Å². The van der Waals surface area contributed by atoms with Gasteiger partial charge in [0.25, 0.3) is 0 Å². The Morgan fingerprint density at radius 1 is 1.33 bits per heavy atom. The maximum Gasteiger partial charge on any atom is 0.127 e. The van der Waals surface area contributed by atoms with Gasteiger partial charge in [0.1, 0.15) is 11.6 Å². The fourth-order valence-electron chi connectivity index (χ4n) is 2.74. The van der Waals surface area contributed by atoms with E-state index in [0.717, 1.165) is 19.1 Å². The van der Waals surface area contributed by atoms with Crippen LogP contribution in [0.2, 0.25) is 0 Å². The molecule has 0 amide bonds. The molecule has 0 spiro atoms. The lowest BCUT2D eigenvalue weighted by atomic mass is 9.64. The SMILES string of the molecule is CC(C)COC1CC(NCc2cc(F)ccc2F)C1(C)C. The highest BCUT2D eigenvalue weighted by atomic mass is 19.1. The monoisotopic (exact) mass is 297 g/mol. The van der Waals surface area contributed by atoms with Crippen molar-refractivity contribution in [3.63, 3.8) is 0 Å². The Morgan fingerprint density at radius 3 is 2.67 bits per heavy atom. The van der Waals surface area contributed by atoms with E-state index in [1.165, 1.54) is 12.1 Å². The minimum Gasteiger partial charge on any atom is -0.377 e. The van der Waals surface area contributed by atoms with Gasteiger partial charge in [-0.1, -0.05) is 27.7 Å². The minimum atomic E-state index is -0.404. The van der Waals surface area contributed by atoms with Gasteiger partial charge in [0.05, 0.1) is 6.10 Å². The molecule has 0 bridgehead atoms. The maximum atomic E-state index is 13.6. The fraction of sp³-hybridized carbons (Fsp3) is 0.647. The van der Waals surface area contributed by atoms with E-state index in [0.29, 0.717) is 18.0 Å². The Bertz CT molecular complexity index is 488. The fourth-order valence-corrected chi connectivity index (χ4v) is 2.74. The van der Waals surface area contributed by atoms with Gasteiger partial charge in [0, 0.05) is 30.2 Å². The van der Waals surface area contributed by atoms with Gasteiger partial charge in [-0.25, -0.2) is 8.78 Å². The molecule has 1 aliphatic carbocycles. The lowest BCUT2D eigenvalue weighted by molar-refractivity contribution is -0.124. The average molecular weight is 297 g/mol. The highest BCUT2D eigenvalue weighted by molar-refractivity contribution is 5.19. The highest BCUT2D eigenvalue weighted by Crippen LogP contribution is 2.43. The lowest BCUT2D eigenvalue weighted by Crippen LogP contribution is -2.60. The lowest BCUT2D eigenvalue weighted by Gasteiger charge is -2.52. The van der Waals surface area contributed by atoms with Crippen LogP contribution in [0.1, 0.15) is 39.7 Å². The first kappa shape index (κ1) is 16.4. The zero-order valence-electron chi connectivity index (χ0n) is 13.2. The number of nitrogens with one attached hydrogen (secondary N) is 1. The van der Waals surface area contributed by atoms with Crippen molar-refractivity contribution in [2.45, 2.75) is 52.8 Å². The summed E-state index contributed by atoms with van der Waals surface area (Å²) in [6.45, 7) is 9.68. The van der Waals surface area contributed by atoms with Crippen molar-refractivity contribution < 1.29 is 13.5 Å². The third-order valence-corrected chi connectivity index (χ3v) is 4.36. The van der Waals surface area contributed by atoms with Crippen molar-refractivity contribution in [3.8, 4) is 0 Å². The van der Waals surface area contributed by atoms with Gasteiger partial charge in [-0.2, -0.15) is 0 Å². The van der Waals surface area contributed by atoms with Crippen LogP contribution < -0.4 is 5.32 Å². The van der Waals surface area contributed by atoms with E-state index in [4.69, 9.17) is 4.74 Å². The molecule has 118 valence electrons. The molecule has 1 aromatic carbocycles. The second-order valence-corrected chi connectivity index (χ2v) is 6.94. The van der Waals surface area contributed by atoms with Crippen molar-refractivity contribution in [3.05, 3.63) is 35.4 Å². The molecule has 2 atom stereocenters. The molecular weight excluding hydrogens is 272 g/mol. The predicted molar refractivity (Wildman–Crippen MR) is 80.0 cm³/mol. The van der Waals surface area contributed by atoms with Crippen molar-refractivity contribution in [1.82, 2.24) is 5.32 Å². The molecule has 0 aliphatic heterocycles. The standard InChI is InChI=1S/C17H25F2NO/c1-11(2)10-21-16-8-15(17(16,3)4)20-9-12-7-13(18)5-6-14(12)19/h5-7,11,15-16,20H,8-10H2,1-4H3. The molecular formula is C17H25F2NO. The Labute approximate surface area is 125 Å². The van der Waals surface area contributed by atoms with Gasteiger partial charge in [0.2, 0.25) is 0 Å². The van der Waals surface area contributed by atoms with Crippen LogP contribution in [0.25, 0.3) is 0 Å². The Hall–Kier alpha value is -1.00. The molecule has 0 aromatic heterocycles. The smallest absolute Gasteiger partial charge is 0.127 e. The molecule has 2 rings (SSSR count). The first-order valence-electron chi connectivity index (χ1n) is 7.59. The Balaban J connectivity index is 1.86. The zero-order chi connectivity index (χ0) is 15.6. The maximum absolute atomic E-state index is 13.6. The molecule has 1 aromatic rings. The van der Waals surface area contributed by atoms with Gasteiger partial charge in [-0.15, -0.1) is 0 Å². The van der Waals surface area contributed by atoms with Gasteiger partial charge in [-0.05, 0) is 30.5 Å². The number of halogens is 2. The minimum absolute atomic E-state index is 0.0126. The summed E-state index contributed by atoms with van der Waals surface area (Å²) in [4.78, 5) is 0. The van der Waals surface area contributed by atoms with Crippen molar-refractivity contribution in [2.24, 2.45) is 11.3 Å². The van der Waals surface area contributed by atoms with Crippen LogP contribution in [0, 0.1) is 23.0 Å². The summed E-state index contributed by atoms with van der Waals surface area (Å²) < 4.78 is 32.6. The van der Waals surface area contributed by atoms with E-state index in [2.05, 4.69) is 33.0 Å². The van der Waals surface area contributed by atoms with Gasteiger partial charge >= 0.3 is 0 Å². The number of rotatable bonds is 6. The first-order valence-corrected chi connectivity index (χ1v) is 7.59. The largest absolute Gasteiger partial charge is 0.377 e. The van der Waals surface area contributed by atoms with Crippen LogP contribution in [0.15, 0.2) is 18.2 Å². The van der Waals surface area contributed by atoms with Gasteiger partial charge in [0.15, 0.2) is 0 Å². The summed E-state index contributed by atoms with van der Waals surface area (Å²) in [5, 5.41) is 3.32. The van der Waals surface area contributed by atoms with E-state index in [1.807, 2.05) is 0 Å². The van der Waals surface area contributed by atoms with Crippen LogP contribution in [0.3, 0.4) is 0 Å². The topological polar surface area (TPSA) is 21.3 Å². The van der Waals surface area contributed by atoms with E-state index in [9.17, 15) is 8.78 Å². The molecule has 4 heteroatoms. The number of hydrogen-bond acceptors (Lipinski definition) is 2. The molecule has 2 unspecified atom stereocenters. The normalized spacial score (nSPS) is 24.1. The molecule has 0 radical (unpaired) electrons. The van der Waals surface area contributed by atoms with Gasteiger partial charge in [-0.3, -0.25) is 0 Å². The van der Waals surface area contributed by atoms with Gasteiger partial charge < -0.3 is 10.1 Å². The van der Waals surface area contributed by atoms with E-state index in [-0.39, 0.29) is 23.4 Å². The molecule has 2 nitrogen and oxygen atoms in total. The summed E-state index contributed by atoms with van der Waals surface area (Å²) >= 11 is 0. The summed E-state index contributed by atoms with van der Waals surface area (Å²) in [6, 6.07) is 3.83. The molecule has 21 heavy (non-hydrogen) atoms. The van der Waals surface area contributed by atoms with E-state index in [1.54, 1.807) is 0 Å². The molecule has 1 aliphatic rings. The van der Waals surface area contributed by atoms with E-state index < -0.39 is 5.82 Å². The third-order valence-electron chi connectivity index (χ3n) is 4.36. The average Bonchev–Trinajstić information content (AvgIpc) is 2.40. The second-order valence-electron chi connectivity index (χ2n) is 6.94. The van der Waals surface area contributed by atoms with Crippen LogP contribution in [-0.2, 0) is 11.3 Å². The van der Waals surface area contributed by atoms with Crippen molar-refractivity contribution in [2.75, 3.05) is 6.61 Å². The number of ether oxygens (including phenoxy) is 1. The van der Waals surface area contributed by atoms with Crippen LogP contribution in [-0.4, -0.2) is 18.8 Å². The summed E-state index contributed by atoms with van der Waals surface area (Å²) in [7, 11) is 0. The Kier molecular flexibility index (Phi) is 4.99. The summed E-state index contributed by atoms with van der Waals surface area (Å²) in [6.07, 6.45) is 1.14. The van der Waals surface area contributed by atoms with Crippen molar-refractivity contribution >= 4 is 0 Å². The molecule has 0 saturated heterocycles. The molecule has 1 saturated carbocycles. The highest BCUT2D eigenvalue weighted by Gasteiger charge is 2.48. The van der Waals surface area contributed by atoms with Crippen LogP contribution in [0.5, 0.6) is 0 Å². The summed E-state index contributed by atoms with van der Waals surface area (Å²) in [5.74, 6) is -0.248. The Morgan fingerprint density at radius 2 is 2.05 bits per heavy atom.